The standard InChI is InChI=1S/C28H27NO3/c1-2-31-28(30)17-24-8-3-4-12-27(24)32-19-21-13-14-26-23(16-21)10-6-11-25(26)22-9-5-7-20(15-22)18-29/h3-16H,2,17-19,29H2,1H3. The van der Waals surface area contributed by atoms with Crippen molar-refractivity contribution in [2.24, 2.45) is 5.73 Å². The maximum atomic E-state index is 11.9. The molecule has 2 N–H and O–H groups in total. The highest BCUT2D eigenvalue weighted by molar-refractivity contribution is 5.97. The Morgan fingerprint density at radius 1 is 0.875 bits per heavy atom. The lowest BCUT2D eigenvalue weighted by molar-refractivity contribution is -0.142. The second-order valence-electron chi connectivity index (χ2n) is 7.64. The molecule has 4 nitrogen and oxygen atoms in total. The summed E-state index contributed by atoms with van der Waals surface area (Å²) < 4.78 is 11.1. The summed E-state index contributed by atoms with van der Waals surface area (Å²) in [6, 6.07) is 28.7. The van der Waals surface area contributed by atoms with Crippen LogP contribution < -0.4 is 10.5 Å². The molecule has 0 spiro atoms. The molecule has 0 saturated carbocycles. The van der Waals surface area contributed by atoms with Gasteiger partial charge in [-0.05, 0) is 58.1 Å². The molecule has 0 atom stereocenters. The maximum absolute atomic E-state index is 11.9. The third-order valence-corrected chi connectivity index (χ3v) is 5.43. The lowest BCUT2D eigenvalue weighted by Gasteiger charge is -2.13. The largest absolute Gasteiger partial charge is 0.489 e. The molecule has 4 aromatic carbocycles. The van der Waals surface area contributed by atoms with Crippen molar-refractivity contribution in [3.8, 4) is 16.9 Å². The number of esters is 1. The van der Waals surface area contributed by atoms with Crippen molar-refractivity contribution < 1.29 is 14.3 Å². The van der Waals surface area contributed by atoms with Crippen molar-refractivity contribution >= 4 is 16.7 Å². The smallest absolute Gasteiger partial charge is 0.310 e. The van der Waals surface area contributed by atoms with E-state index in [1.165, 1.54) is 10.9 Å². The number of para-hydroxylation sites is 1. The van der Waals surface area contributed by atoms with Gasteiger partial charge in [0, 0.05) is 12.1 Å². The maximum Gasteiger partial charge on any atom is 0.310 e. The highest BCUT2D eigenvalue weighted by Crippen LogP contribution is 2.30. The first-order valence-electron chi connectivity index (χ1n) is 10.9. The third-order valence-electron chi connectivity index (χ3n) is 5.43. The van der Waals surface area contributed by atoms with Crippen molar-refractivity contribution in [1.82, 2.24) is 0 Å². The molecule has 0 unspecified atom stereocenters. The Kier molecular flexibility index (Phi) is 6.83. The van der Waals surface area contributed by atoms with Gasteiger partial charge >= 0.3 is 5.97 Å². The van der Waals surface area contributed by atoms with Crippen LogP contribution >= 0.6 is 0 Å². The number of hydrogen-bond acceptors (Lipinski definition) is 4. The van der Waals surface area contributed by atoms with E-state index in [-0.39, 0.29) is 12.4 Å². The second-order valence-corrected chi connectivity index (χ2v) is 7.64. The van der Waals surface area contributed by atoms with Crippen molar-refractivity contribution in [1.29, 1.82) is 0 Å². The van der Waals surface area contributed by atoms with Gasteiger partial charge in [-0.2, -0.15) is 0 Å². The molecular formula is C28H27NO3. The van der Waals surface area contributed by atoms with E-state index < -0.39 is 0 Å². The van der Waals surface area contributed by atoms with E-state index in [9.17, 15) is 4.79 Å². The highest BCUT2D eigenvalue weighted by Gasteiger charge is 2.10. The predicted octanol–water partition coefficient (Wildman–Crippen LogP) is 5.65. The lowest BCUT2D eigenvalue weighted by atomic mass is 9.96. The molecule has 0 aliphatic rings. The first kappa shape index (κ1) is 21.6. The van der Waals surface area contributed by atoms with E-state index in [1.54, 1.807) is 6.92 Å². The zero-order valence-corrected chi connectivity index (χ0v) is 18.2. The number of ether oxygens (including phenoxy) is 2. The molecular weight excluding hydrogens is 398 g/mol. The van der Waals surface area contributed by atoms with Gasteiger partial charge in [0.2, 0.25) is 0 Å². The van der Waals surface area contributed by atoms with Gasteiger partial charge in [0.25, 0.3) is 0 Å². The molecule has 0 aromatic heterocycles. The van der Waals surface area contributed by atoms with Gasteiger partial charge in [0.05, 0.1) is 13.0 Å². The van der Waals surface area contributed by atoms with E-state index in [4.69, 9.17) is 15.2 Å². The van der Waals surface area contributed by atoms with Crippen LogP contribution in [0.4, 0.5) is 0 Å². The van der Waals surface area contributed by atoms with E-state index in [1.807, 2.05) is 36.4 Å². The average Bonchev–Trinajstić information content (AvgIpc) is 2.83. The van der Waals surface area contributed by atoms with E-state index in [0.717, 1.165) is 27.6 Å². The van der Waals surface area contributed by atoms with E-state index >= 15 is 0 Å². The fourth-order valence-corrected chi connectivity index (χ4v) is 3.86. The molecule has 0 radical (unpaired) electrons. The molecule has 0 amide bonds. The van der Waals surface area contributed by atoms with E-state index in [2.05, 4.69) is 48.5 Å². The molecule has 4 heteroatoms. The van der Waals surface area contributed by atoms with Crippen LogP contribution in [0.5, 0.6) is 5.75 Å². The zero-order valence-electron chi connectivity index (χ0n) is 18.2. The van der Waals surface area contributed by atoms with Gasteiger partial charge in [-0.1, -0.05) is 66.7 Å². The monoisotopic (exact) mass is 425 g/mol. The van der Waals surface area contributed by atoms with Crippen molar-refractivity contribution in [3.05, 3.63) is 102 Å². The summed E-state index contributed by atoms with van der Waals surface area (Å²) in [6.45, 7) is 3.12. The quantitative estimate of drug-likeness (QED) is 0.371. The van der Waals surface area contributed by atoms with Gasteiger partial charge in [-0.15, -0.1) is 0 Å². The molecule has 0 bridgehead atoms. The SMILES string of the molecule is CCOC(=O)Cc1ccccc1OCc1ccc2c(-c3cccc(CN)c3)cccc2c1. The fourth-order valence-electron chi connectivity index (χ4n) is 3.86. The summed E-state index contributed by atoms with van der Waals surface area (Å²) in [5, 5.41) is 2.34. The highest BCUT2D eigenvalue weighted by atomic mass is 16.5. The number of rotatable bonds is 8. The first-order chi connectivity index (χ1) is 15.7. The third kappa shape index (κ3) is 4.98. The molecule has 162 valence electrons. The summed E-state index contributed by atoms with van der Waals surface area (Å²) in [5.74, 6) is 0.452. The molecule has 0 fully saturated rings. The van der Waals surface area contributed by atoms with Crippen LogP contribution in [-0.4, -0.2) is 12.6 Å². The number of benzene rings is 4. The fraction of sp³-hybridized carbons (Fsp3) is 0.179. The normalized spacial score (nSPS) is 10.8. The van der Waals surface area contributed by atoms with Crippen LogP contribution in [0.3, 0.4) is 0 Å². The number of carbonyl (C=O) groups excluding carboxylic acids is 1. The minimum Gasteiger partial charge on any atom is -0.489 e. The number of nitrogens with two attached hydrogens (primary N) is 1. The van der Waals surface area contributed by atoms with Gasteiger partial charge < -0.3 is 15.2 Å². The van der Waals surface area contributed by atoms with E-state index in [0.29, 0.717) is 25.5 Å². The molecule has 0 aliphatic carbocycles. The zero-order chi connectivity index (χ0) is 22.3. The minimum atomic E-state index is -0.250. The Morgan fingerprint density at radius 3 is 2.56 bits per heavy atom. The predicted molar refractivity (Wildman–Crippen MR) is 128 cm³/mol. The Bertz CT molecular complexity index is 1230. The summed E-state index contributed by atoms with van der Waals surface area (Å²) >= 11 is 0. The van der Waals surface area contributed by atoms with Crippen molar-refractivity contribution in [2.45, 2.75) is 26.5 Å². The first-order valence-corrected chi connectivity index (χ1v) is 10.9. The van der Waals surface area contributed by atoms with Crippen LogP contribution in [0.15, 0.2) is 84.9 Å². The molecule has 0 saturated heterocycles. The van der Waals surface area contributed by atoms with Gasteiger partial charge in [0.1, 0.15) is 12.4 Å². The molecule has 32 heavy (non-hydrogen) atoms. The van der Waals surface area contributed by atoms with Crippen molar-refractivity contribution in [2.75, 3.05) is 6.61 Å². The summed E-state index contributed by atoms with van der Waals surface area (Å²) in [5.41, 5.74) is 11.2. The number of hydrogen-bond donors (Lipinski definition) is 1. The molecule has 0 heterocycles. The van der Waals surface area contributed by atoms with Crippen LogP contribution in [0.25, 0.3) is 21.9 Å². The lowest BCUT2D eigenvalue weighted by Crippen LogP contribution is -2.09. The van der Waals surface area contributed by atoms with Crippen LogP contribution in [0.1, 0.15) is 23.6 Å². The summed E-state index contributed by atoms with van der Waals surface area (Å²) in [7, 11) is 0. The van der Waals surface area contributed by atoms with Gasteiger partial charge in [-0.25, -0.2) is 0 Å². The molecule has 4 aromatic rings. The second kappa shape index (κ2) is 10.1. The van der Waals surface area contributed by atoms with Gasteiger partial charge in [-0.3, -0.25) is 4.79 Å². The average molecular weight is 426 g/mol. The Morgan fingerprint density at radius 2 is 1.72 bits per heavy atom. The van der Waals surface area contributed by atoms with Gasteiger partial charge in [0.15, 0.2) is 0 Å². The van der Waals surface area contributed by atoms with Crippen LogP contribution in [-0.2, 0) is 29.1 Å². The summed E-state index contributed by atoms with van der Waals surface area (Å²) in [4.78, 5) is 11.9. The van der Waals surface area contributed by atoms with Crippen LogP contribution in [0.2, 0.25) is 0 Å². The van der Waals surface area contributed by atoms with Crippen molar-refractivity contribution in [3.63, 3.8) is 0 Å². The Balaban J connectivity index is 1.55. The Hall–Kier alpha value is -3.63. The number of fused-ring (bicyclic) bond motifs is 1. The minimum absolute atomic E-state index is 0.201. The molecule has 4 rings (SSSR count). The Labute approximate surface area is 188 Å². The summed E-state index contributed by atoms with van der Waals surface area (Å²) in [6.07, 6.45) is 0.201. The molecule has 0 aliphatic heterocycles. The number of carbonyl (C=O) groups is 1. The topological polar surface area (TPSA) is 61.5 Å². The van der Waals surface area contributed by atoms with Crippen LogP contribution in [0, 0.1) is 0 Å².